The van der Waals surface area contributed by atoms with Crippen molar-refractivity contribution in [1.29, 1.82) is 0 Å². The van der Waals surface area contributed by atoms with E-state index in [0.717, 1.165) is 21.5 Å². The van der Waals surface area contributed by atoms with E-state index in [2.05, 4.69) is 0 Å². The summed E-state index contributed by atoms with van der Waals surface area (Å²) >= 11 is 0. The molecule has 0 N–H and O–H groups in total. The predicted molar refractivity (Wildman–Crippen MR) is 94.6 cm³/mol. The number of rotatable bonds is 3. The largest absolute Gasteiger partial charge is 0.449 e. The summed E-state index contributed by atoms with van der Waals surface area (Å²) in [5.74, 6) is 0.849. The van der Waals surface area contributed by atoms with Gasteiger partial charge in [-0.15, -0.1) is 0 Å². The van der Waals surface area contributed by atoms with Gasteiger partial charge in [-0.3, -0.25) is 10.1 Å². The molecule has 116 valence electrons. The van der Waals surface area contributed by atoms with Crippen molar-refractivity contribution in [3.8, 4) is 11.5 Å². The number of nitrogens with zero attached hydrogens (tertiary/aromatic N) is 1. The lowest BCUT2D eigenvalue weighted by molar-refractivity contribution is -0.385. The minimum Gasteiger partial charge on any atom is -0.449 e. The molecule has 4 heteroatoms. The van der Waals surface area contributed by atoms with Gasteiger partial charge in [0.2, 0.25) is 5.75 Å². The summed E-state index contributed by atoms with van der Waals surface area (Å²) in [7, 11) is 0. The highest BCUT2D eigenvalue weighted by atomic mass is 16.6. The third kappa shape index (κ3) is 2.44. The van der Waals surface area contributed by atoms with Crippen LogP contribution in [0.25, 0.3) is 21.5 Å². The molecule has 0 spiro atoms. The SMILES string of the molecule is O=[N+]([O-])c1ccc2ccccc2c1Oc1ccc2ccccc2c1. The molecule has 4 aromatic carbocycles. The van der Waals surface area contributed by atoms with E-state index >= 15 is 0 Å². The molecule has 24 heavy (non-hydrogen) atoms. The second kappa shape index (κ2) is 5.66. The number of benzene rings is 4. The van der Waals surface area contributed by atoms with Crippen LogP contribution in [0.5, 0.6) is 11.5 Å². The minimum atomic E-state index is -0.414. The molecule has 4 nitrogen and oxygen atoms in total. The predicted octanol–water partition coefficient (Wildman–Crippen LogP) is 5.69. The standard InChI is InChI=1S/C20H13NO3/c22-21(23)19-12-10-15-6-3-4-8-18(15)20(19)24-17-11-9-14-5-1-2-7-16(14)13-17/h1-13H. The molecule has 0 aliphatic rings. The van der Waals surface area contributed by atoms with E-state index in [1.165, 1.54) is 6.07 Å². The molecule has 0 atom stereocenters. The van der Waals surface area contributed by atoms with Gasteiger partial charge in [0, 0.05) is 11.5 Å². The molecule has 0 bridgehead atoms. The smallest absolute Gasteiger partial charge is 0.312 e. The molecule has 0 aromatic heterocycles. The van der Waals surface area contributed by atoms with Gasteiger partial charge >= 0.3 is 5.69 Å². The van der Waals surface area contributed by atoms with Gasteiger partial charge < -0.3 is 4.74 Å². The van der Waals surface area contributed by atoms with Crippen molar-refractivity contribution >= 4 is 27.2 Å². The number of ether oxygens (including phenoxy) is 1. The van der Waals surface area contributed by atoms with Crippen molar-refractivity contribution in [1.82, 2.24) is 0 Å². The fourth-order valence-corrected chi connectivity index (χ4v) is 2.83. The maximum atomic E-state index is 11.4. The summed E-state index contributed by atoms with van der Waals surface area (Å²) < 4.78 is 5.95. The molecule has 0 aliphatic heterocycles. The zero-order chi connectivity index (χ0) is 16.5. The van der Waals surface area contributed by atoms with Crippen LogP contribution in [0.2, 0.25) is 0 Å². The van der Waals surface area contributed by atoms with E-state index in [-0.39, 0.29) is 11.4 Å². The van der Waals surface area contributed by atoms with E-state index in [1.54, 1.807) is 6.07 Å². The molecule has 4 rings (SSSR count). The highest BCUT2D eigenvalue weighted by molar-refractivity contribution is 5.92. The summed E-state index contributed by atoms with van der Waals surface area (Å²) in [4.78, 5) is 11.0. The number of nitro benzene ring substituents is 1. The van der Waals surface area contributed by atoms with Crippen LogP contribution in [0, 0.1) is 10.1 Å². The summed E-state index contributed by atoms with van der Waals surface area (Å²) in [6.45, 7) is 0. The lowest BCUT2D eigenvalue weighted by Crippen LogP contribution is -1.94. The molecule has 0 saturated carbocycles. The number of hydrogen-bond donors (Lipinski definition) is 0. The van der Waals surface area contributed by atoms with Crippen LogP contribution in [0.15, 0.2) is 78.9 Å². The van der Waals surface area contributed by atoms with Crippen LogP contribution in [0.4, 0.5) is 5.69 Å². The van der Waals surface area contributed by atoms with Gasteiger partial charge in [-0.25, -0.2) is 0 Å². The average Bonchev–Trinajstić information content (AvgIpc) is 2.61. The van der Waals surface area contributed by atoms with Crippen molar-refractivity contribution in [2.24, 2.45) is 0 Å². The van der Waals surface area contributed by atoms with Gasteiger partial charge in [0.1, 0.15) is 5.75 Å². The monoisotopic (exact) mass is 315 g/mol. The van der Waals surface area contributed by atoms with Gasteiger partial charge in [0.25, 0.3) is 0 Å². The summed E-state index contributed by atoms with van der Waals surface area (Å²) in [5.41, 5.74) is -0.0399. The van der Waals surface area contributed by atoms with Crippen molar-refractivity contribution < 1.29 is 9.66 Å². The molecule has 4 aromatic rings. The quantitative estimate of drug-likeness (QED) is 0.360. The Hall–Kier alpha value is -3.40. The van der Waals surface area contributed by atoms with Crippen molar-refractivity contribution in [3.05, 3.63) is 89.0 Å². The maximum absolute atomic E-state index is 11.4. The second-order valence-corrected chi connectivity index (χ2v) is 5.50. The minimum absolute atomic E-state index is 0.0399. The molecule has 0 saturated heterocycles. The molecule has 0 radical (unpaired) electrons. The Morgan fingerprint density at radius 2 is 1.42 bits per heavy atom. The first-order valence-corrected chi connectivity index (χ1v) is 7.55. The molecule has 0 amide bonds. The Bertz CT molecular complexity index is 1070. The van der Waals surface area contributed by atoms with Crippen LogP contribution in [0.3, 0.4) is 0 Å². The van der Waals surface area contributed by atoms with Gasteiger partial charge in [-0.2, -0.15) is 0 Å². The fourth-order valence-electron chi connectivity index (χ4n) is 2.83. The van der Waals surface area contributed by atoms with Gasteiger partial charge in [-0.05, 0) is 34.4 Å². The molecule has 0 aliphatic carbocycles. The van der Waals surface area contributed by atoms with Gasteiger partial charge in [0.05, 0.1) is 4.92 Å². The van der Waals surface area contributed by atoms with Crippen LogP contribution in [-0.2, 0) is 0 Å². The highest BCUT2D eigenvalue weighted by Crippen LogP contribution is 2.38. The van der Waals surface area contributed by atoms with E-state index < -0.39 is 4.92 Å². The zero-order valence-electron chi connectivity index (χ0n) is 12.7. The number of hydrogen-bond acceptors (Lipinski definition) is 3. The zero-order valence-corrected chi connectivity index (χ0v) is 12.7. The van der Waals surface area contributed by atoms with Gasteiger partial charge in [-0.1, -0.05) is 54.6 Å². The Balaban J connectivity index is 1.88. The molecule has 0 fully saturated rings. The summed E-state index contributed by atoms with van der Waals surface area (Å²) in [6, 6.07) is 24.3. The van der Waals surface area contributed by atoms with E-state index in [0.29, 0.717) is 5.75 Å². The van der Waals surface area contributed by atoms with Crippen molar-refractivity contribution in [3.63, 3.8) is 0 Å². The Labute approximate surface area is 138 Å². The van der Waals surface area contributed by atoms with Crippen molar-refractivity contribution in [2.75, 3.05) is 0 Å². The maximum Gasteiger partial charge on any atom is 0.312 e. The molecule has 0 heterocycles. The Kier molecular flexibility index (Phi) is 3.35. The normalized spacial score (nSPS) is 10.8. The van der Waals surface area contributed by atoms with Crippen LogP contribution in [-0.4, -0.2) is 4.92 Å². The van der Waals surface area contributed by atoms with Crippen LogP contribution >= 0.6 is 0 Å². The lowest BCUT2D eigenvalue weighted by atomic mass is 10.1. The summed E-state index contributed by atoms with van der Waals surface area (Å²) in [5, 5.41) is 15.1. The second-order valence-electron chi connectivity index (χ2n) is 5.50. The summed E-state index contributed by atoms with van der Waals surface area (Å²) in [6.07, 6.45) is 0. The lowest BCUT2D eigenvalue weighted by Gasteiger charge is -2.10. The third-order valence-electron chi connectivity index (χ3n) is 4.00. The van der Waals surface area contributed by atoms with Crippen molar-refractivity contribution in [2.45, 2.75) is 0 Å². The Morgan fingerprint density at radius 3 is 2.21 bits per heavy atom. The van der Waals surface area contributed by atoms with E-state index in [1.807, 2.05) is 66.7 Å². The number of nitro groups is 1. The van der Waals surface area contributed by atoms with Crippen LogP contribution < -0.4 is 4.74 Å². The van der Waals surface area contributed by atoms with E-state index in [4.69, 9.17) is 4.74 Å². The fraction of sp³-hybridized carbons (Fsp3) is 0. The van der Waals surface area contributed by atoms with E-state index in [9.17, 15) is 10.1 Å². The molecular weight excluding hydrogens is 302 g/mol. The Morgan fingerprint density at radius 1 is 0.750 bits per heavy atom. The van der Waals surface area contributed by atoms with Gasteiger partial charge in [0.15, 0.2) is 0 Å². The first-order valence-electron chi connectivity index (χ1n) is 7.55. The molecule has 0 unspecified atom stereocenters. The number of fused-ring (bicyclic) bond motifs is 2. The third-order valence-corrected chi connectivity index (χ3v) is 4.00. The highest BCUT2D eigenvalue weighted by Gasteiger charge is 2.19. The first-order chi connectivity index (χ1) is 11.7. The molecular formula is C20H13NO3. The topological polar surface area (TPSA) is 52.4 Å². The van der Waals surface area contributed by atoms with Crippen LogP contribution in [0.1, 0.15) is 0 Å². The average molecular weight is 315 g/mol. The first kappa shape index (κ1) is 14.2.